The molecule has 0 aliphatic heterocycles. The van der Waals surface area contributed by atoms with Crippen LogP contribution in [0.1, 0.15) is 46.5 Å². The molecule has 0 saturated heterocycles. The number of carbonyl (C=O) groups excluding carboxylic acids is 1. The van der Waals surface area contributed by atoms with Gasteiger partial charge in [0.1, 0.15) is 5.60 Å². The topological polar surface area (TPSA) is 66.0 Å². The van der Waals surface area contributed by atoms with Crippen LogP contribution in [0.4, 0.5) is 4.79 Å². The van der Waals surface area contributed by atoms with Gasteiger partial charge >= 0.3 is 6.09 Å². The molecule has 24 heavy (non-hydrogen) atoms. The van der Waals surface area contributed by atoms with E-state index >= 15 is 0 Å². The first-order valence-corrected chi connectivity index (χ1v) is 9.25. The molecule has 0 atom stereocenters. The molecule has 144 valence electrons. The predicted molar refractivity (Wildman–Crippen MR) is 95.9 cm³/mol. The van der Waals surface area contributed by atoms with E-state index in [1.54, 1.807) is 0 Å². The van der Waals surface area contributed by atoms with E-state index in [0.717, 1.165) is 25.3 Å². The SMILES string of the molecule is CC(C)(C)OC(=O)NCCOCCOCCOCCCCCCCl. The molecule has 0 heterocycles. The molecular weight excluding hydrogens is 334 g/mol. The van der Waals surface area contributed by atoms with Gasteiger partial charge in [-0.05, 0) is 33.6 Å². The Hall–Kier alpha value is -0.560. The molecule has 0 spiro atoms. The van der Waals surface area contributed by atoms with Crippen molar-refractivity contribution in [1.29, 1.82) is 0 Å². The van der Waals surface area contributed by atoms with E-state index in [1.807, 2.05) is 20.8 Å². The first-order chi connectivity index (χ1) is 11.5. The van der Waals surface area contributed by atoms with Crippen LogP contribution >= 0.6 is 11.6 Å². The van der Waals surface area contributed by atoms with Gasteiger partial charge < -0.3 is 24.3 Å². The lowest BCUT2D eigenvalue weighted by atomic mass is 10.2. The Morgan fingerprint density at radius 3 is 1.96 bits per heavy atom. The van der Waals surface area contributed by atoms with Gasteiger partial charge in [0.25, 0.3) is 0 Å². The number of unbranched alkanes of at least 4 members (excludes halogenated alkanes) is 3. The zero-order valence-electron chi connectivity index (χ0n) is 15.4. The number of nitrogens with one attached hydrogen (secondary N) is 1. The van der Waals surface area contributed by atoms with Gasteiger partial charge in [0, 0.05) is 19.0 Å². The van der Waals surface area contributed by atoms with Gasteiger partial charge in [0.05, 0.1) is 33.0 Å². The number of amides is 1. The molecule has 0 radical (unpaired) electrons. The molecule has 7 heteroatoms. The highest BCUT2D eigenvalue weighted by atomic mass is 35.5. The highest BCUT2D eigenvalue weighted by Gasteiger charge is 2.15. The Morgan fingerprint density at radius 1 is 0.833 bits per heavy atom. The summed E-state index contributed by atoms with van der Waals surface area (Å²) in [6.45, 7) is 9.29. The third-order valence-corrected chi connectivity index (χ3v) is 3.10. The Balaban J connectivity index is 3.14. The van der Waals surface area contributed by atoms with Crippen molar-refractivity contribution in [3.63, 3.8) is 0 Å². The van der Waals surface area contributed by atoms with Gasteiger partial charge in [0.15, 0.2) is 0 Å². The molecule has 1 N–H and O–H groups in total. The molecule has 0 unspecified atom stereocenters. The van der Waals surface area contributed by atoms with Crippen molar-refractivity contribution in [2.24, 2.45) is 0 Å². The summed E-state index contributed by atoms with van der Waals surface area (Å²) in [5.41, 5.74) is -0.481. The third-order valence-electron chi connectivity index (χ3n) is 2.83. The summed E-state index contributed by atoms with van der Waals surface area (Å²) in [5.74, 6) is 0.744. The van der Waals surface area contributed by atoms with E-state index < -0.39 is 11.7 Å². The van der Waals surface area contributed by atoms with Crippen molar-refractivity contribution in [3.8, 4) is 0 Å². The number of ether oxygens (including phenoxy) is 4. The summed E-state index contributed by atoms with van der Waals surface area (Å²) < 4.78 is 21.3. The summed E-state index contributed by atoms with van der Waals surface area (Å²) in [5, 5.41) is 2.63. The van der Waals surface area contributed by atoms with E-state index in [-0.39, 0.29) is 0 Å². The van der Waals surface area contributed by atoms with Crippen molar-refractivity contribution < 1.29 is 23.7 Å². The third kappa shape index (κ3) is 19.5. The van der Waals surface area contributed by atoms with Crippen LogP contribution in [0, 0.1) is 0 Å². The predicted octanol–water partition coefficient (Wildman–Crippen LogP) is 3.36. The largest absolute Gasteiger partial charge is 0.444 e. The first-order valence-electron chi connectivity index (χ1n) is 8.72. The van der Waals surface area contributed by atoms with Gasteiger partial charge in [-0.25, -0.2) is 4.79 Å². The van der Waals surface area contributed by atoms with Gasteiger partial charge in [-0.15, -0.1) is 11.6 Å². The number of rotatable bonds is 15. The lowest BCUT2D eigenvalue weighted by molar-refractivity contribution is 0.0133. The maximum atomic E-state index is 11.4. The van der Waals surface area contributed by atoms with Crippen LogP contribution in [0.15, 0.2) is 0 Å². The van der Waals surface area contributed by atoms with E-state index in [0.29, 0.717) is 39.6 Å². The second-order valence-electron chi connectivity index (χ2n) is 6.37. The van der Waals surface area contributed by atoms with Crippen molar-refractivity contribution >= 4 is 17.7 Å². The summed E-state index contributed by atoms with van der Waals surface area (Å²) in [4.78, 5) is 11.4. The molecule has 1 amide bonds. The molecule has 0 aromatic carbocycles. The minimum absolute atomic E-state index is 0.418. The number of alkyl carbamates (subject to hydrolysis) is 1. The number of hydrogen-bond acceptors (Lipinski definition) is 5. The molecule has 0 saturated carbocycles. The van der Waals surface area contributed by atoms with Crippen LogP contribution < -0.4 is 5.32 Å². The van der Waals surface area contributed by atoms with Crippen molar-refractivity contribution in [1.82, 2.24) is 5.32 Å². The average Bonchev–Trinajstić information content (AvgIpc) is 2.49. The zero-order chi connectivity index (χ0) is 18.1. The normalized spacial score (nSPS) is 11.5. The van der Waals surface area contributed by atoms with Crippen LogP contribution in [-0.2, 0) is 18.9 Å². The number of alkyl halides is 1. The summed E-state index contributed by atoms with van der Waals surface area (Å²) in [6, 6.07) is 0. The van der Waals surface area contributed by atoms with Crippen molar-refractivity contribution in [2.75, 3.05) is 52.1 Å². The maximum Gasteiger partial charge on any atom is 0.407 e. The van der Waals surface area contributed by atoms with Crippen molar-refractivity contribution in [2.45, 2.75) is 52.1 Å². The molecule has 0 aromatic rings. The lowest BCUT2D eigenvalue weighted by Crippen LogP contribution is -2.34. The second kappa shape index (κ2) is 15.9. The van der Waals surface area contributed by atoms with Gasteiger partial charge in [0.2, 0.25) is 0 Å². The fraction of sp³-hybridized carbons (Fsp3) is 0.941. The molecule has 0 aliphatic carbocycles. The molecule has 0 aliphatic rings. The average molecular weight is 368 g/mol. The zero-order valence-corrected chi connectivity index (χ0v) is 16.2. The van der Waals surface area contributed by atoms with Crippen LogP contribution in [0.2, 0.25) is 0 Å². The molecule has 6 nitrogen and oxygen atoms in total. The van der Waals surface area contributed by atoms with E-state index in [1.165, 1.54) is 12.8 Å². The summed E-state index contributed by atoms with van der Waals surface area (Å²) in [7, 11) is 0. The van der Waals surface area contributed by atoms with Crippen LogP contribution in [0.25, 0.3) is 0 Å². The minimum Gasteiger partial charge on any atom is -0.444 e. The lowest BCUT2D eigenvalue weighted by Gasteiger charge is -2.19. The van der Waals surface area contributed by atoms with Crippen LogP contribution in [0.5, 0.6) is 0 Å². The fourth-order valence-electron chi connectivity index (χ4n) is 1.73. The molecule has 0 aromatic heterocycles. The molecule has 0 rings (SSSR count). The number of hydrogen-bond donors (Lipinski definition) is 1. The summed E-state index contributed by atoms with van der Waals surface area (Å²) >= 11 is 5.61. The van der Waals surface area contributed by atoms with E-state index in [9.17, 15) is 4.79 Å². The van der Waals surface area contributed by atoms with Crippen LogP contribution in [-0.4, -0.2) is 63.8 Å². The van der Waals surface area contributed by atoms with E-state index in [2.05, 4.69) is 5.32 Å². The standard InChI is InChI=1S/C17H34ClNO5/c1-17(2,3)24-16(20)19-9-11-22-13-15-23-14-12-21-10-7-5-4-6-8-18/h4-15H2,1-3H3,(H,19,20). The Kier molecular flexibility index (Phi) is 15.6. The Bertz CT molecular complexity index is 297. The number of halogens is 1. The fourth-order valence-corrected chi connectivity index (χ4v) is 1.92. The van der Waals surface area contributed by atoms with E-state index in [4.69, 9.17) is 30.5 Å². The summed E-state index contributed by atoms with van der Waals surface area (Å²) in [6.07, 6.45) is 4.06. The quantitative estimate of drug-likeness (QED) is 0.355. The van der Waals surface area contributed by atoms with Gasteiger partial charge in [-0.2, -0.15) is 0 Å². The molecule has 0 bridgehead atoms. The first kappa shape index (κ1) is 23.4. The monoisotopic (exact) mass is 367 g/mol. The highest BCUT2D eigenvalue weighted by molar-refractivity contribution is 6.17. The molecule has 0 fully saturated rings. The smallest absolute Gasteiger partial charge is 0.407 e. The Labute approximate surface area is 151 Å². The highest BCUT2D eigenvalue weighted by Crippen LogP contribution is 2.06. The Morgan fingerprint density at radius 2 is 1.38 bits per heavy atom. The van der Waals surface area contributed by atoms with Gasteiger partial charge in [-0.3, -0.25) is 0 Å². The van der Waals surface area contributed by atoms with Gasteiger partial charge in [-0.1, -0.05) is 12.8 Å². The molecular formula is C17H34ClNO5. The second-order valence-corrected chi connectivity index (χ2v) is 6.75. The van der Waals surface area contributed by atoms with Crippen LogP contribution in [0.3, 0.4) is 0 Å². The number of carbonyl (C=O) groups is 1. The maximum absolute atomic E-state index is 11.4. The minimum atomic E-state index is -0.481. The van der Waals surface area contributed by atoms with Crippen molar-refractivity contribution in [3.05, 3.63) is 0 Å².